The largest absolute Gasteiger partial charge is 0.394 e. The summed E-state index contributed by atoms with van der Waals surface area (Å²) in [5.41, 5.74) is 0.854. The van der Waals surface area contributed by atoms with E-state index in [-0.39, 0.29) is 13.2 Å². The molecule has 2 aromatic carbocycles. The summed E-state index contributed by atoms with van der Waals surface area (Å²) in [6.45, 7) is 0.696. The number of benzene rings is 2. The van der Waals surface area contributed by atoms with E-state index in [1.807, 2.05) is 12.1 Å². The summed E-state index contributed by atoms with van der Waals surface area (Å²) in [4.78, 5) is 23.6. The molecule has 0 atom stereocenters. The average Bonchev–Trinajstić information content (AvgIpc) is 2.63. The van der Waals surface area contributed by atoms with Crippen LogP contribution in [0.2, 0.25) is 0 Å². The van der Waals surface area contributed by atoms with Crippen LogP contribution in [0.15, 0.2) is 60.7 Å². The highest BCUT2D eigenvalue weighted by Gasteiger charge is 2.16. The van der Waals surface area contributed by atoms with Gasteiger partial charge in [-0.25, -0.2) is 0 Å². The maximum atomic E-state index is 11.8. The van der Waals surface area contributed by atoms with Gasteiger partial charge in [0.25, 0.3) is 0 Å². The predicted molar refractivity (Wildman–Crippen MR) is 86.5 cm³/mol. The van der Waals surface area contributed by atoms with Crippen LogP contribution >= 0.6 is 0 Å². The van der Waals surface area contributed by atoms with Crippen molar-refractivity contribution in [2.24, 2.45) is 0 Å². The minimum atomic E-state index is -0.466. The monoisotopic (exact) mass is 316 g/mol. The Morgan fingerprint density at radius 2 is 1.04 bits per heavy atom. The maximum Gasteiger partial charge on any atom is 0.233 e. The quantitative estimate of drug-likeness (QED) is 0.462. The van der Waals surface area contributed by atoms with Crippen LogP contribution in [0.5, 0.6) is 0 Å². The van der Waals surface area contributed by atoms with Gasteiger partial charge >= 0.3 is 0 Å². The maximum absolute atomic E-state index is 11.8. The van der Waals surface area contributed by atoms with Crippen LogP contribution in [0.3, 0.4) is 0 Å². The van der Waals surface area contributed by atoms with E-state index in [1.54, 1.807) is 48.5 Å². The first-order chi connectivity index (χ1) is 11.2. The van der Waals surface area contributed by atoms with Crippen LogP contribution in [0.4, 0.5) is 0 Å². The molecule has 0 spiro atoms. The smallest absolute Gasteiger partial charge is 0.233 e. The molecule has 0 aromatic heterocycles. The fraction of sp³-hybridized carbons (Fsp3) is 0.222. The number of aliphatic hydroxyl groups is 2. The van der Waals surface area contributed by atoms with Gasteiger partial charge in [-0.2, -0.15) is 0 Å². The first-order valence-corrected chi connectivity index (χ1v) is 7.19. The number of aliphatic hydroxyl groups excluding tert-OH is 2. The number of ether oxygens (including phenoxy) is 1. The molecular formula is C18H20O5. The molecule has 5 heteroatoms. The highest BCUT2D eigenvalue weighted by molar-refractivity contribution is 6.49. The van der Waals surface area contributed by atoms with Gasteiger partial charge in [0.1, 0.15) is 0 Å². The van der Waals surface area contributed by atoms with Crippen LogP contribution in [0.25, 0.3) is 0 Å². The second-order valence-corrected chi connectivity index (χ2v) is 4.45. The van der Waals surface area contributed by atoms with Crippen molar-refractivity contribution in [1.29, 1.82) is 0 Å². The number of carbonyl (C=O) groups excluding carboxylic acids is 2. The zero-order valence-corrected chi connectivity index (χ0v) is 12.7. The van der Waals surface area contributed by atoms with Crippen LogP contribution in [-0.2, 0) is 4.74 Å². The van der Waals surface area contributed by atoms with Crippen molar-refractivity contribution >= 4 is 11.6 Å². The van der Waals surface area contributed by atoms with Crippen molar-refractivity contribution < 1.29 is 24.5 Å². The van der Waals surface area contributed by atoms with Gasteiger partial charge in [-0.1, -0.05) is 60.7 Å². The molecule has 23 heavy (non-hydrogen) atoms. The van der Waals surface area contributed by atoms with E-state index in [4.69, 9.17) is 10.2 Å². The number of rotatable bonds is 7. The molecule has 0 unspecified atom stereocenters. The van der Waals surface area contributed by atoms with E-state index < -0.39 is 11.6 Å². The summed E-state index contributed by atoms with van der Waals surface area (Å²) >= 11 is 0. The molecule has 0 heterocycles. The molecule has 0 saturated heterocycles. The highest BCUT2D eigenvalue weighted by atomic mass is 16.5. The van der Waals surface area contributed by atoms with Crippen molar-refractivity contribution in [1.82, 2.24) is 0 Å². The van der Waals surface area contributed by atoms with E-state index in [1.165, 1.54) is 0 Å². The third kappa shape index (κ3) is 6.97. The molecule has 0 saturated carbocycles. The Morgan fingerprint density at radius 3 is 1.35 bits per heavy atom. The molecule has 0 radical (unpaired) electrons. The van der Waals surface area contributed by atoms with E-state index in [2.05, 4.69) is 4.74 Å². The normalized spacial score (nSPS) is 9.65. The molecule has 0 aliphatic heterocycles. The van der Waals surface area contributed by atoms with Crippen LogP contribution in [0.1, 0.15) is 20.7 Å². The lowest BCUT2D eigenvalue weighted by Gasteiger charge is -1.99. The molecular weight excluding hydrogens is 296 g/mol. The third-order valence-electron chi connectivity index (χ3n) is 2.75. The number of ketones is 2. The van der Waals surface area contributed by atoms with E-state index in [0.717, 1.165) is 0 Å². The van der Waals surface area contributed by atoms with Gasteiger partial charge in [0.05, 0.1) is 26.4 Å². The van der Waals surface area contributed by atoms with Gasteiger partial charge in [-0.05, 0) is 0 Å². The van der Waals surface area contributed by atoms with Crippen molar-refractivity contribution in [2.75, 3.05) is 26.4 Å². The van der Waals surface area contributed by atoms with Crippen LogP contribution in [-0.4, -0.2) is 48.2 Å². The summed E-state index contributed by atoms with van der Waals surface area (Å²) in [6, 6.07) is 17.2. The SMILES string of the molecule is O=C(C(=O)c1ccccc1)c1ccccc1.OCCOCCO. The Kier molecular flexibility index (Phi) is 9.16. The number of carbonyl (C=O) groups is 2. The van der Waals surface area contributed by atoms with E-state index in [9.17, 15) is 9.59 Å². The third-order valence-corrected chi connectivity index (χ3v) is 2.75. The number of hydrogen-bond acceptors (Lipinski definition) is 5. The Bertz CT molecular complexity index is 527. The van der Waals surface area contributed by atoms with Crippen molar-refractivity contribution in [2.45, 2.75) is 0 Å². The van der Waals surface area contributed by atoms with Crippen LogP contribution < -0.4 is 0 Å². The number of hydrogen-bond donors (Lipinski definition) is 2. The Balaban J connectivity index is 0.000000322. The zero-order chi connectivity index (χ0) is 16.9. The lowest BCUT2D eigenvalue weighted by Crippen LogP contribution is -2.14. The van der Waals surface area contributed by atoms with Gasteiger partial charge < -0.3 is 14.9 Å². The molecule has 0 aliphatic rings. The summed E-state index contributed by atoms with van der Waals surface area (Å²) in [6.07, 6.45) is 0. The summed E-state index contributed by atoms with van der Waals surface area (Å²) in [5.74, 6) is -0.932. The molecule has 2 aromatic rings. The predicted octanol–water partition coefficient (Wildman–Crippen LogP) is 1.74. The Labute approximate surface area is 135 Å². The summed E-state index contributed by atoms with van der Waals surface area (Å²) in [5, 5.41) is 16.2. The van der Waals surface area contributed by atoms with E-state index >= 15 is 0 Å². The second-order valence-electron chi connectivity index (χ2n) is 4.45. The topological polar surface area (TPSA) is 83.8 Å². The minimum Gasteiger partial charge on any atom is -0.394 e. The van der Waals surface area contributed by atoms with Crippen molar-refractivity contribution in [3.63, 3.8) is 0 Å². The molecule has 0 amide bonds. The summed E-state index contributed by atoms with van der Waals surface area (Å²) in [7, 11) is 0. The average molecular weight is 316 g/mol. The lowest BCUT2D eigenvalue weighted by atomic mass is 10.0. The van der Waals surface area contributed by atoms with Crippen molar-refractivity contribution in [3.05, 3.63) is 71.8 Å². The minimum absolute atomic E-state index is 0.0278. The molecule has 0 fully saturated rings. The summed E-state index contributed by atoms with van der Waals surface area (Å²) < 4.78 is 4.63. The molecule has 0 aliphatic carbocycles. The molecule has 2 N–H and O–H groups in total. The molecule has 0 bridgehead atoms. The second kappa shape index (κ2) is 11.3. The van der Waals surface area contributed by atoms with Gasteiger partial charge in [0.15, 0.2) is 0 Å². The first kappa shape index (κ1) is 18.7. The fourth-order valence-electron chi connectivity index (χ4n) is 1.67. The fourth-order valence-corrected chi connectivity index (χ4v) is 1.67. The Morgan fingerprint density at radius 1 is 0.696 bits per heavy atom. The standard InChI is InChI=1S/C14H10O2.C4H10O3/c15-13(11-7-3-1-4-8-11)14(16)12-9-5-2-6-10-12;5-1-3-7-4-2-6/h1-10H;5-6H,1-4H2. The lowest BCUT2D eigenvalue weighted by molar-refractivity contribution is 0.0650. The van der Waals surface area contributed by atoms with Crippen LogP contribution in [0, 0.1) is 0 Å². The molecule has 122 valence electrons. The van der Waals surface area contributed by atoms with Gasteiger partial charge in [-0.3, -0.25) is 9.59 Å². The highest BCUT2D eigenvalue weighted by Crippen LogP contribution is 2.07. The van der Waals surface area contributed by atoms with Gasteiger partial charge in [0, 0.05) is 11.1 Å². The van der Waals surface area contributed by atoms with E-state index in [0.29, 0.717) is 24.3 Å². The van der Waals surface area contributed by atoms with Gasteiger partial charge in [-0.15, -0.1) is 0 Å². The number of Topliss-reactive ketones (excluding diaryl/α,β-unsaturated/α-hetero) is 2. The first-order valence-electron chi connectivity index (χ1n) is 7.19. The molecule has 5 nitrogen and oxygen atoms in total. The van der Waals surface area contributed by atoms with Gasteiger partial charge in [0.2, 0.25) is 11.6 Å². The Hall–Kier alpha value is -2.34. The zero-order valence-electron chi connectivity index (χ0n) is 12.7. The molecule has 2 rings (SSSR count). The van der Waals surface area contributed by atoms with Crippen molar-refractivity contribution in [3.8, 4) is 0 Å².